The number of benzene rings is 2. The van der Waals surface area contributed by atoms with Crippen LogP contribution in [0.25, 0.3) is 16.5 Å². The molecule has 0 radical (unpaired) electrons. The van der Waals surface area contributed by atoms with Crippen molar-refractivity contribution in [1.29, 1.82) is 5.26 Å². The van der Waals surface area contributed by atoms with E-state index < -0.39 is 11.9 Å². The second-order valence-corrected chi connectivity index (χ2v) is 7.02. The summed E-state index contributed by atoms with van der Waals surface area (Å²) >= 11 is 7.07. The number of halogens is 1. The number of thiophene rings is 1. The zero-order valence-corrected chi connectivity index (χ0v) is 15.9. The van der Waals surface area contributed by atoms with Crippen LogP contribution in [0.15, 0.2) is 65.6 Å². The number of nitrogens with zero attached hydrogens (tertiary/aromatic N) is 1. The van der Waals surface area contributed by atoms with E-state index in [0.29, 0.717) is 21.0 Å². The molecule has 1 heterocycles. The van der Waals surface area contributed by atoms with E-state index in [1.54, 1.807) is 53.9 Å². The molecule has 0 saturated heterocycles. The molecule has 2 aromatic carbocycles. The number of carboxylic acid groups (broad SMARTS) is 1. The van der Waals surface area contributed by atoms with Crippen LogP contribution in [0.2, 0.25) is 5.02 Å². The first kappa shape index (κ1) is 19.4. The highest BCUT2D eigenvalue weighted by Crippen LogP contribution is 2.36. The van der Waals surface area contributed by atoms with Gasteiger partial charge in [0.05, 0.1) is 10.6 Å². The number of aromatic carboxylic acids is 1. The molecule has 3 rings (SSSR count). The van der Waals surface area contributed by atoms with Crippen molar-refractivity contribution in [2.24, 2.45) is 0 Å². The Bertz CT molecular complexity index is 1100. The van der Waals surface area contributed by atoms with Crippen LogP contribution in [0, 0.1) is 11.3 Å². The van der Waals surface area contributed by atoms with Gasteiger partial charge in [0.15, 0.2) is 0 Å². The van der Waals surface area contributed by atoms with Crippen molar-refractivity contribution in [3.8, 4) is 16.5 Å². The zero-order chi connectivity index (χ0) is 20.1. The Morgan fingerprint density at radius 1 is 1.11 bits per heavy atom. The van der Waals surface area contributed by atoms with Crippen LogP contribution < -0.4 is 5.32 Å². The highest BCUT2D eigenvalue weighted by Gasteiger charge is 2.22. The SMILES string of the molecule is N#C/C(=C\c1ccccc1)C(=O)Nc1csc(-c2ccc(Cl)cc2)c1C(=O)O. The smallest absolute Gasteiger partial charge is 0.339 e. The van der Waals surface area contributed by atoms with Crippen molar-refractivity contribution in [3.05, 3.63) is 81.7 Å². The predicted octanol–water partition coefficient (Wildman–Crippen LogP) is 5.31. The van der Waals surface area contributed by atoms with E-state index in [4.69, 9.17) is 11.6 Å². The second kappa shape index (κ2) is 8.53. The van der Waals surface area contributed by atoms with Crippen molar-refractivity contribution in [3.63, 3.8) is 0 Å². The number of hydrogen-bond acceptors (Lipinski definition) is 4. The molecule has 5 nitrogen and oxygen atoms in total. The van der Waals surface area contributed by atoms with Crippen LogP contribution in [0.4, 0.5) is 5.69 Å². The maximum Gasteiger partial charge on any atom is 0.339 e. The number of nitriles is 1. The van der Waals surface area contributed by atoms with Crippen molar-refractivity contribution in [2.45, 2.75) is 0 Å². The van der Waals surface area contributed by atoms with Gasteiger partial charge >= 0.3 is 5.97 Å². The van der Waals surface area contributed by atoms with E-state index in [2.05, 4.69) is 5.32 Å². The van der Waals surface area contributed by atoms with Gasteiger partial charge in [-0.3, -0.25) is 4.79 Å². The van der Waals surface area contributed by atoms with Crippen molar-refractivity contribution >= 4 is 46.6 Å². The molecule has 1 amide bonds. The lowest BCUT2D eigenvalue weighted by atomic mass is 10.1. The van der Waals surface area contributed by atoms with Crippen LogP contribution in [-0.2, 0) is 4.79 Å². The Morgan fingerprint density at radius 3 is 2.39 bits per heavy atom. The highest BCUT2D eigenvalue weighted by atomic mass is 35.5. The molecule has 0 fully saturated rings. The predicted molar refractivity (Wildman–Crippen MR) is 110 cm³/mol. The number of nitrogens with one attached hydrogen (secondary N) is 1. The van der Waals surface area contributed by atoms with Gasteiger partial charge in [0.1, 0.15) is 17.2 Å². The average molecular weight is 409 g/mol. The topological polar surface area (TPSA) is 90.2 Å². The third kappa shape index (κ3) is 4.29. The van der Waals surface area contributed by atoms with Gasteiger partial charge in [-0.1, -0.05) is 54.1 Å². The number of carbonyl (C=O) groups is 2. The lowest BCUT2D eigenvalue weighted by Crippen LogP contribution is -2.15. The molecule has 0 atom stereocenters. The van der Waals surface area contributed by atoms with Crippen LogP contribution >= 0.6 is 22.9 Å². The summed E-state index contributed by atoms with van der Waals surface area (Å²) in [5.74, 6) is -1.85. The molecule has 0 aliphatic heterocycles. The highest BCUT2D eigenvalue weighted by molar-refractivity contribution is 7.14. The minimum absolute atomic E-state index is 0.0299. The first-order valence-electron chi connectivity index (χ1n) is 8.08. The van der Waals surface area contributed by atoms with Crippen LogP contribution in [0.3, 0.4) is 0 Å². The van der Waals surface area contributed by atoms with E-state index in [1.165, 1.54) is 17.4 Å². The summed E-state index contributed by atoms with van der Waals surface area (Å²) in [5.41, 5.74) is 1.36. The van der Waals surface area contributed by atoms with Crippen LogP contribution in [0.1, 0.15) is 15.9 Å². The Hall–Kier alpha value is -3.40. The first-order chi connectivity index (χ1) is 13.5. The fraction of sp³-hybridized carbons (Fsp3) is 0. The van der Waals surface area contributed by atoms with E-state index >= 15 is 0 Å². The van der Waals surface area contributed by atoms with Crippen molar-refractivity contribution in [2.75, 3.05) is 5.32 Å². The molecule has 28 heavy (non-hydrogen) atoms. The van der Waals surface area contributed by atoms with E-state index in [1.807, 2.05) is 12.1 Å². The molecule has 7 heteroatoms. The number of carboxylic acids is 1. The van der Waals surface area contributed by atoms with Crippen molar-refractivity contribution in [1.82, 2.24) is 0 Å². The van der Waals surface area contributed by atoms with E-state index in [-0.39, 0.29) is 16.8 Å². The summed E-state index contributed by atoms with van der Waals surface area (Å²) in [7, 11) is 0. The summed E-state index contributed by atoms with van der Waals surface area (Å²) in [6, 6.07) is 17.5. The van der Waals surface area contributed by atoms with Crippen LogP contribution in [0.5, 0.6) is 0 Å². The van der Waals surface area contributed by atoms with E-state index in [9.17, 15) is 20.0 Å². The molecule has 1 aromatic heterocycles. The fourth-order valence-electron chi connectivity index (χ4n) is 2.53. The van der Waals surface area contributed by atoms with E-state index in [0.717, 1.165) is 0 Å². The molecule has 0 aliphatic rings. The summed E-state index contributed by atoms with van der Waals surface area (Å²) in [6.07, 6.45) is 1.45. The molecular weight excluding hydrogens is 396 g/mol. The zero-order valence-electron chi connectivity index (χ0n) is 14.3. The standard InChI is InChI=1S/C21H13ClN2O3S/c22-16-8-6-14(7-9-16)19-18(21(26)27)17(12-28-19)24-20(25)15(11-23)10-13-4-2-1-3-5-13/h1-10,12H,(H,24,25)(H,26,27)/b15-10+. The lowest BCUT2D eigenvalue weighted by Gasteiger charge is -2.06. The molecule has 0 spiro atoms. The van der Waals surface area contributed by atoms with Gasteiger partial charge in [0, 0.05) is 10.4 Å². The Morgan fingerprint density at radius 2 is 1.79 bits per heavy atom. The second-order valence-electron chi connectivity index (χ2n) is 5.70. The van der Waals surface area contributed by atoms with Gasteiger partial charge in [-0.05, 0) is 29.3 Å². The largest absolute Gasteiger partial charge is 0.478 e. The average Bonchev–Trinajstić information content (AvgIpc) is 3.11. The van der Waals surface area contributed by atoms with Gasteiger partial charge < -0.3 is 10.4 Å². The number of hydrogen-bond donors (Lipinski definition) is 2. The van der Waals surface area contributed by atoms with Crippen molar-refractivity contribution < 1.29 is 14.7 Å². The summed E-state index contributed by atoms with van der Waals surface area (Å²) in [5, 5.41) is 23.6. The maximum absolute atomic E-state index is 12.5. The molecule has 2 N–H and O–H groups in total. The Balaban J connectivity index is 1.93. The summed E-state index contributed by atoms with van der Waals surface area (Å²) in [6.45, 7) is 0. The molecule has 138 valence electrons. The third-order valence-electron chi connectivity index (χ3n) is 3.84. The molecule has 0 bridgehead atoms. The van der Waals surface area contributed by atoms with Gasteiger partial charge in [0.25, 0.3) is 5.91 Å². The minimum atomic E-state index is -1.17. The number of rotatable bonds is 5. The Kier molecular flexibility index (Phi) is 5.90. The quantitative estimate of drug-likeness (QED) is 0.442. The van der Waals surface area contributed by atoms with Gasteiger partial charge in [-0.2, -0.15) is 5.26 Å². The number of amides is 1. The number of anilines is 1. The Labute approximate surface area is 170 Å². The maximum atomic E-state index is 12.5. The monoisotopic (exact) mass is 408 g/mol. The molecule has 0 aliphatic carbocycles. The molecular formula is C21H13ClN2O3S. The molecule has 0 unspecified atom stereocenters. The minimum Gasteiger partial charge on any atom is -0.478 e. The van der Waals surface area contributed by atoms with Gasteiger partial charge in [-0.15, -0.1) is 11.3 Å². The number of carbonyl (C=O) groups excluding carboxylic acids is 1. The summed E-state index contributed by atoms with van der Waals surface area (Å²) in [4.78, 5) is 24.8. The van der Waals surface area contributed by atoms with Crippen LogP contribution in [-0.4, -0.2) is 17.0 Å². The lowest BCUT2D eigenvalue weighted by molar-refractivity contribution is -0.112. The normalized spacial score (nSPS) is 10.9. The first-order valence-corrected chi connectivity index (χ1v) is 9.34. The third-order valence-corrected chi connectivity index (χ3v) is 5.12. The molecule has 0 saturated carbocycles. The fourth-order valence-corrected chi connectivity index (χ4v) is 3.66. The molecule has 3 aromatic rings. The summed E-state index contributed by atoms with van der Waals surface area (Å²) < 4.78 is 0. The van der Waals surface area contributed by atoms with Gasteiger partial charge in [0.2, 0.25) is 0 Å². The van der Waals surface area contributed by atoms with Gasteiger partial charge in [-0.25, -0.2) is 4.79 Å².